The molecule has 8 nitrogen and oxygen atoms in total. The number of nitro groups is 1. The first-order valence-electron chi connectivity index (χ1n) is 8.09. The number of ether oxygens (including phenoxy) is 3. The number of fused-ring (bicyclic) bond motifs is 1. The number of hydrogen-bond acceptors (Lipinski definition) is 7. The lowest BCUT2D eigenvalue weighted by Gasteiger charge is -2.06. The Kier molecular flexibility index (Phi) is 5.16. The molecule has 0 amide bonds. The van der Waals surface area contributed by atoms with Gasteiger partial charge in [-0.25, -0.2) is 4.79 Å². The highest BCUT2D eigenvalue weighted by atomic mass is 16.6. The summed E-state index contributed by atoms with van der Waals surface area (Å²) in [5.41, 5.74) is 0.921. The third-order valence-corrected chi connectivity index (χ3v) is 3.71. The van der Waals surface area contributed by atoms with Crippen molar-refractivity contribution in [2.75, 3.05) is 13.2 Å². The molecule has 0 aliphatic carbocycles. The number of nitrogens with zero attached hydrogens (tertiary/aromatic N) is 1. The molecule has 0 spiro atoms. The van der Waals surface area contributed by atoms with Gasteiger partial charge in [0.05, 0.1) is 17.1 Å². The summed E-state index contributed by atoms with van der Waals surface area (Å²) in [7, 11) is 0. The molecule has 1 aliphatic rings. The molecule has 0 aromatic heterocycles. The van der Waals surface area contributed by atoms with Crippen molar-refractivity contribution >= 4 is 23.5 Å². The third-order valence-electron chi connectivity index (χ3n) is 3.71. The Hall–Kier alpha value is -3.68. The van der Waals surface area contributed by atoms with E-state index in [2.05, 4.69) is 0 Å². The molecule has 0 unspecified atom stereocenters. The van der Waals surface area contributed by atoms with Crippen molar-refractivity contribution in [2.45, 2.75) is 6.92 Å². The molecule has 138 valence electrons. The van der Waals surface area contributed by atoms with Crippen LogP contribution in [0.25, 0.3) is 6.08 Å². The van der Waals surface area contributed by atoms with E-state index in [9.17, 15) is 19.7 Å². The summed E-state index contributed by atoms with van der Waals surface area (Å²) in [6.45, 7) is 1.72. The van der Waals surface area contributed by atoms with Crippen molar-refractivity contribution in [1.29, 1.82) is 0 Å². The molecule has 2 aromatic rings. The van der Waals surface area contributed by atoms with E-state index in [0.717, 1.165) is 0 Å². The summed E-state index contributed by atoms with van der Waals surface area (Å²) < 4.78 is 15.7. The van der Waals surface area contributed by atoms with Crippen LogP contribution in [-0.2, 0) is 9.53 Å². The Balaban J connectivity index is 1.74. The fourth-order valence-electron chi connectivity index (χ4n) is 2.45. The topological polar surface area (TPSA) is 105 Å². The Labute approximate surface area is 154 Å². The maximum atomic E-state index is 12.4. The van der Waals surface area contributed by atoms with Gasteiger partial charge in [0.1, 0.15) is 11.5 Å². The summed E-state index contributed by atoms with van der Waals surface area (Å²) in [5.74, 6) is -0.0175. The van der Waals surface area contributed by atoms with Crippen molar-refractivity contribution in [1.82, 2.24) is 0 Å². The van der Waals surface area contributed by atoms with Crippen LogP contribution in [0.4, 0.5) is 5.69 Å². The van der Waals surface area contributed by atoms with Crippen molar-refractivity contribution in [3.8, 4) is 11.5 Å². The molecular weight excluding hydrogens is 354 g/mol. The summed E-state index contributed by atoms with van der Waals surface area (Å²) in [6, 6.07) is 10.4. The van der Waals surface area contributed by atoms with Gasteiger partial charge in [0, 0.05) is 18.2 Å². The molecule has 3 rings (SSSR count). The smallest absolute Gasteiger partial charge is 0.344 e. The van der Waals surface area contributed by atoms with Crippen LogP contribution in [0.2, 0.25) is 0 Å². The minimum Gasteiger partial charge on any atom is -0.482 e. The number of Topliss-reactive ketones (excluding diaryl/α,β-unsaturated/α-hetero) is 1. The molecule has 0 radical (unpaired) electrons. The maximum Gasteiger partial charge on any atom is 0.344 e. The Morgan fingerprint density at radius 3 is 2.63 bits per heavy atom. The fraction of sp³-hybridized carbons (Fsp3) is 0.158. The number of nitro benzene ring substituents is 1. The predicted octanol–water partition coefficient (Wildman–Crippen LogP) is 3.15. The molecule has 8 heteroatoms. The SMILES string of the molecule is CCOC(=O)COc1ccc2c(c1)OC(=Cc1ccc([N+](=O)[O-])cc1)C2=O. The van der Waals surface area contributed by atoms with Crippen molar-refractivity contribution < 1.29 is 28.7 Å². The van der Waals surface area contributed by atoms with E-state index in [-0.39, 0.29) is 30.4 Å². The molecular formula is C19H15NO7. The van der Waals surface area contributed by atoms with E-state index < -0.39 is 10.9 Å². The highest BCUT2D eigenvalue weighted by Crippen LogP contribution is 2.35. The van der Waals surface area contributed by atoms with Crippen LogP contribution in [0.1, 0.15) is 22.8 Å². The number of non-ortho nitro benzene ring substituents is 1. The minimum absolute atomic E-state index is 0.0394. The molecule has 27 heavy (non-hydrogen) atoms. The van der Waals surface area contributed by atoms with E-state index in [1.807, 2.05) is 0 Å². The van der Waals surface area contributed by atoms with Crippen LogP contribution in [0.3, 0.4) is 0 Å². The zero-order valence-corrected chi connectivity index (χ0v) is 14.3. The predicted molar refractivity (Wildman–Crippen MR) is 94.6 cm³/mol. The summed E-state index contributed by atoms with van der Waals surface area (Å²) in [5, 5.41) is 10.7. The number of hydrogen-bond donors (Lipinski definition) is 0. The van der Waals surface area contributed by atoms with Gasteiger partial charge in [0.15, 0.2) is 12.4 Å². The first-order valence-corrected chi connectivity index (χ1v) is 8.09. The van der Waals surface area contributed by atoms with E-state index >= 15 is 0 Å². The van der Waals surface area contributed by atoms with E-state index in [1.165, 1.54) is 36.4 Å². The molecule has 1 aliphatic heterocycles. The van der Waals surface area contributed by atoms with Crippen LogP contribution in [0.15, 0.2) is 48.2 Å². The van der Waals surface area contributed by atoms with Crippen molar-refractivity contribution in [3.63, 3.8) is 0 Å². The maximum absolute atomic E-state index is 12.4. The summed E-state index contributed by atoms with van der Waals surface area (Å²) >= 11 is 0. The zero-order chi connectivity index (χ0) is 19.4. The van der Waals surface area contributed by atoms with Gasteiger partial charge < -0.3 is 14.2 Å². The molecule has 1 heterocycles. The largest absolute Gasteiger partial charge is 0.482 e. The van der Waals surface area contributed by atoms with Crippen LogP contribution in [-0.4, -0.2) is 29.9 Å². The Morgan fingerprint density at radius 1 is 1.22 bits per heavy atom. The average Bonchev–Trinajstić information content (AvgIpc) is 2.96. The van der Waals surface area contributed by atoms with E-state index in [1.54, 1.807) is 19.1 Å². The van der Waals surface area contributed by atoms with Gasteiger partial charge in [0.25, 0.3) is 5.69 Å². The monoisotopic (exact) mass is 369 g/mol. The second kappa shape index (κ2) is 7.69. The van der Waals surface area contributed by atoms with Gasteiger partial charge in [-0.2, -0.15) is 0 Å². The summed E-state index contributed by atoms with van der Waals surface area (Å²) in [6.07, 6.45) is 1.51. The Bertz CT molecular complexity index is 932. The lowest BCUT2D eigenvalue weighted by molar-refractivity contribution is -0.384. The number of esters is 1. The Morgan fingerprint density at radius 2 is 1.96 bits per heavy atom. The van der Waals surface area contributed by atoms with Crippen LogP contribution < -0.4 is 9.47 Å². The van der Waals surface area contributed by atoms with Gasteiger partial charge >= 0.3 is 5.97 Å². The second-order valence-electron chi connectivity index (χ2n) is 5.54. The fourth-order valence-corrected chi connectivity index (χ4v) is 2.45. The molecule has 0 saturated carbocycles. The third kappa shape index (κ3) is 4.12. The number of ketones is 1. The van der Waals surface area contributed by atoms with Gasteiger partial charge in [-0.3, -0.25) is 14.9 Å². The van der Waals surface area contributed by atoms with Crippen LogP contribution in [0.5, 0.6) is 11.5 Å². The van der Waals surface area contributed by atoms with Gasteiger partial charge in [-0.05, 0) is 42.8 Å². The number of carbonyl (C=O) groups is 2. The van der Waals surface area contributed by atoms with Gasteiger partial charge in [0.2, 0.25) is 5.78 Å². The van der Waals surface area contributed by atoms with Gasteiger partial charge in [-0.15, -0.1) is 0 Å². The zero-order valence-electron chi connectivity index (χ0n) is 14.3. The first-order chi connectivity index (χ1) is 13.0. The average molecular weight is 369 g/mol. The standard InChI is InChI=1S/C19H15NO7/c1-2-25-18(21)11-26-14-7-8-15-16(10-14)27-17(19(15)22)9-12-3-5-13(6-4-12)20(23)24/h3-10H,2,11H2,1H3. The lowest BCUT2D eigenvalue weighted by atomic mass is 10.1. The van der Waals surface area contributed by atoms with Gasteiger partial charge in [-0.1, -0.05) is 0 Å². The van der Waals surface area contributed by atoms with Crippen molar-refractivity contribution in [2.24, 2.45) is 0 Å². The molecule has 0 bridgehead atoms. The molecule has 0 atom stereocenters. The van der Waals surface area contributed by atoms with E-state index in [4.69, 9.17) is 14.2 Å². The normalized spacial score (nSPS) is 13.8. The molecule has 2 aromatic carbocycles. The first kappa shape index (κ1) is 18.1. The van der Waals surface area contributed by atoms with Crippen LogP contribution >= 0.6 is 0 Å². The highest BCUT2D eigenvalue weighted by molar-refractivity contribution is 6.14. The number of benzene rings is 2. The second-order valence-corrected chi connectivity index (χ2v) is 5.54. The quantitative estimate of drug-likeness (QED) is 0.333. The molecule has 0 N–H and O–H groups in total. The number of rotatable bonds is 6. The van der Waals surface area contributed by atoms with Crippen LogP contribution in [0, 0.1) is 10.1 Å². The molecule has 0 saturated heterocycles. The number of allylic oxidation sites excluding steroid dienone is 1. The minimum atomic E-state index is -0.498. The highest BCUT2D eigenvalue weighted by Gasteiger charge is 2.27. The lowest BCUT2D eigenvalue weighted by Crippen LogP contribution is -2.14. The van der Waals surface area contributed by atoms with E-state index in [0.29, 0.717) is 22.6 Å². The van der Waals surface area contributed by atoms with Crippen molar-refractivity contribution in [3.05, 3.63) is 69.5 Å². The summed E-state index contributed by atoms with van der Waals surface area (Å²) in [4.78, 5) is 34.0. The number of carbonyl (C=O) groups excluding carboxylic acids is 2. The molecule has 0 fully saturated rings.